The first kappa shape index (κ1) is 27.0. The highest BCUT2D eigenvalue weighted by molar-refractivity contribution is 6.31. The molecule has 1 saturated carbocycles. The second-order valence-electron chi connectivity index (χ2n) is 10.7. The van der Waals surface area contributed by atoms with Gasteiger partial charge in [0.25, 0.3) is 0 Å². The Morgan fingerprint density at radius 1 is 1.07 bits per heavy atom. The van der Waals surface area contributed by atoms with Crippen molar-refractivity contribution in [2.75, 3.05) is 6.54 Å². The number of carbonyl (C=O) groups is 3. The topological polar surface area (TPSA) is 110 Å². The molecular formula is C30H28ClFN6O3. The number of hydrogen-bond donors (Lipinski definition) is 1. The van der Waals surface area contributed by atoms with E-state index in [-0.39, 0.29) is 48.9 Å². The van der Waals surface area contributed by atoms with Gasteiger partial charge in [-0.25, -0.2) is 14.4 Å². The lowest BCUT2D eigenvalue weighted by atomic mass is 10.0. The molecule has 1 N–H and O–H groups in total. The minimum Gasteiger partial charge on any atom is -0.351 e. The molecule has 2 aromatic carbocycles. The number of amides is 2. The lowest BCUT2D eigenvalue weighted by Crippen LogP contribution is -2.47. The maximum Gasteiger partial charge on any atom is 0.245 e. The van der Waals surface area contributed by atoms with Gasteiger partial charge in [0, 0.05) is 53.7 Å². The van der Waals surface area contributed by atoms with Gasteiger partial charge in [-0.3, -0.25) is 19.1 Å². The van der Waals surface area contributed by atoms with Gasteiger partial charge >= 0.3 is 0 Å². The first-order valence-corrected chi connectivity index (χ1v) is 13.9. The molecule has 0 spiro atoms. The number of alkyl halides is 1. The van der Waals surface area contributed by atoms with E-state index in [1.165, 1.54) is 16.5 Å². The van der Waals surface area contributed by atoms with Crippen LogP contribution in [0.2, 0.25) is 5.02 Å². The Balaban J connectivity index is 1.20. The van der Waals surface area contributed by atoms with Gasteiger partial charge < -0.3 is 10.2 Å². The van der Waals surface area contributed by atoms with E-state index >= 15 is 0 Å². The average Bonchev–Trinajstić information content (AvgIpc) is 3.43. The van der Waals surface area contributed by atoms with Crippen LogP contribution in [-0.4, -0.2) is 67.0 Å². The van der Waals surface area contributed by atoms with Crippen LogP contribution in [0.4, 0.5) is 4.39 Å². The van der Waals surface area contributed by atoms with Gasteiger partial charge in [-0.2, -0.15) is 5.10 Å². The van der Waals surface area contributed by atoms with E-state index < -0.39 is 18.1 Å². The Labute approximate surface area is 240 Å². The van der Waals surface area contributed by atoms with Gasteiger partial charge in [0.1, 0.15) is 30.3 Å². The van der Waals surface area contributed by atoms with E-state index in [0.29, 0.717) is 21.7 Å². The number of carbonyl (C=O) groups excluding carboxylic acids is 3. The van der Waals surface area contributed by atoms with E-state index in [0.717, 1.165) is 23.1 Å². The predicted octanol–water partition coefficient (Wildman–Crippen LogP) is 4.27. The van der Waals surface area contributed by atoms with E-state index in [2.05, 4.69) is 20.4 Å². The molecule has 1 unspecified atom stereocenters. The van der Waals surface area contributed by atoms with Crippen LogP contribution in [0.15, 0.2) is 54.9 Å². The van der Waals surface area contributed by atoms with Gasteiger partial charge in [0.2, 0.25) is 11.8 Å². The number of hydrogen-bond acceptors (Lipinski definition) is 6. The molecule has 2 aromatic heterocycles. The van der Waals surface area contributed by atoms with Crippen molar-refractivity contribution in [3.8, 4) is 11.1 Å². The summed E-state index contributed by atoms with van der Waals surface area (Å²) in [5.74, 6) is -0.334. The van der Waals surface area contributed by atoms with Gasteiger partial charge in [0.05, 0.1) is 12.1 Å². The van der Waals surface area contributed by atoms with Crippen molar-refractivity contribution < 1.29 is 18.8 Å². The van der Waals surface area contributed by atoms with Gasteiger partial charge in [0.15, 0.2) is 5.78 Å². The minimum atomic E-state index is -1.31. The summed E-state index contributed by atoms with van der Waals surface area (Å²) >= 11 is 6.31. The van der Waals surface area contributed by atoms with Gasteiger partial charge in [-0.15, -0.1) is 0 Å². The Bertz CT molecular complexity index is 1670. The Hall–Kier alpha value is -4.18. The molecule has 2 aliphatic rings. The van der Waals surface area contributed by atoms with Gasteiger partial charge in [-0.1, -0.05) is 35.9 Å². The molecule has 4 aromatic rings. The molecule has 1 aliphatic carbocycles. The molecule has 2 fully saturated rings. The van der Waals surface area contributed by atoms with Crippen molar-refractivity contribution >= 4 is 40.1 Å². The van der Waals surface area contributed by atoms with E-state index in [1.807, 2.05) is 36.4 Å². The molecule has 1 saturated heterocycles. The number of halogens is 2. The van der Waals surface area contributed by atoms with Crippen LogP contribution in [-0.2, 0) is 16.1 Å². The number of rotatable bonds is 7. The highest BCUT2D eigenvalue weighted by atomic mass is 35.5. The molecular weight excluding hydrogens is 547 g/mol. The smallest absolute Gasteiger partial charge is 0.245 e. The maximum absolute atomic E-state index is 14.6. The Morgan fingerprint density at radius 2 is 1.83 bits per heavy atom. The van der Waals surface area contributed by atoms with Crippen molar-refractivity contribution in [2.45, 2.75) is 57.4 Å². The van der Waals surface area contributed by atoms with Crippen molar-refractivity contribution in [1.82, 2.24) is 30.0 Å². The summed E-state index contributed by atoms with van der Waals surface area (Å²) in [4.78, 5) is 48.8. The highest BCUT2D eigenvalue weighted by Gasteiger charge is 2.45. The summed E-state index contributed by atoms with van der Waals surface area (Å²) in [6.07, 6.45) is 2.76. The number of likely N-dealkylation sites (tertiary alicyclic amines) is 1. The first-order valence-electron chi connectivity index (χ1n) is 13.5. The molecule has 3 heterocycles. The molecule has 41 heavy (non-hydrogen) atoms. The lowest BCUT2D eigenvalue weighted by Gasteiger charge is -2.24. The fraction of sp³-hybridized carbons (Fsp3) is 0.333. The number of nitrogens with zero attached hydrogens (tertiary/aromatic N) is 5. The van der Waals surface area contributed by atoms with E-state index in [9.17, 15) is 18.8 Å². The van der Waals surface area contributed by atoms with E-state index in [1.54, 1.807) is 25.4 Å². The molecule has 210 valence electrons. The quantitative estimate of drug-likeness (QED) is 0.330. The summed E-state index contributed by atoms with van der Waals surface area (Å²) in [6.45, 7) is 2.80. The number of nitrogens with one attached hydrogen (secondary N) is 1. The summed E-state index contributed by atoms with van der Waals surface area (Å²) in [5, 5.41) is 8.64. The summed E-state index contributed by atoms with van der Waals surface area (Å²) < 4.78 is 16.0. The highest BCUT2D eigenvalue weighted by Crippen LogP contribution is 2.43. The molecule has 0 bridgehead atoms. The Kier molecular flexibility index (Phi) is 7.03. The number of Topliss-reactive ketones (excluding diaryl/α,β-unsaturated/α-hetero) is 1. The monoisotopic (exact) mass is 574 g/mol. The van der Waals surface area contributed by atoms with Crippen molar-refractivity contribution in [3.63, 3.8) is 0 Å². The Morgan fingerprint density at radius 3 is 2.56 bits per heavy atom. The summed E-state index contributed by atoms with van der Waals surface area (Å²) in [6, 6.07) is 11.9. The first-order chi connectivity index (χ1) is 19.7. The molecule has 9 nitrogen and oxygen atoms in total. The molecule has 1 aliphatic heterocycles. The minimum absolute atomic E-state index is 0.0679. The zero-order valence-electron chi connectivity index (χ0n) is 22.6. The molecule has 11 heteroatoms. The van der Waals surface area contributed by atoms with Crippen molar-refractivity contribution in [1.29, 1.82) is 0 Å². The van der Waals surface area contributed by atoms with Gasteiger partial charge in [-0.05, 0) is 42.7 Å². The number of benzene rings is 2. The van der Waals surface area contributed by atoms with Crippen molar-refractivity contribution in [3.05, 3.63) is 77.0 Å². The third-order valence-electron chi connectivity index (χ3n) is 7.78. The van der Waals surface area contributed by atoms with Crippen LogP contribution >= 0.6 is 11.6 Å². The summed E-state index contributed by atoms with van der Waals surface area (Å²) in [7, 11) is 0. The van der Waals surface area contributed by atoms with Crippen LogP contribution in [0.5, 0.6) is 0 Å². The normalized spacial score (nSPS) is 21.7. The van der Waals surface area contributed by atoms with Crippen LogP contribution < -0.4 is 5.32 Å². The molecule has 0 radical (unpaired) electrons. The zero-order chi connectivity index (χ0) is 28.8. The number of aromatic nitrogens is 4. The second-order valence-corrected chi connectivity index (χ2v) is 11.1. The molecule has 4 atom stereocenters. The lowest BCUT2D eigenvalue weighted by molar-refractivity contribution is -0.139. The van der Waals surface area contributed by atoms with E-state index in [4.69, 9.17) is 11.6 Å². The fourth-order valence-electron chi connectivity index (χ4n) is 5.56. The van der Waals surface area contributed by atoms with Crippen LogP contribution in [0.1, 0.15) is 47.6 Å². The summed E-state index contributed by atoms with van der Waals surface area (Å²) in [5.41, 5.74) is 3.35. The maximum atomic E-state index is 14.6. The molecule has 2 amide bonds. The zero-order valence-corrected chi connectivity index (χ0v) is 23.3. The van der Waals surface area contributed by atoms with Crippen molar-refractivity contribution in [2.24, 2.45) is 0 Å². The largest absolute Gasteiger partial charge is 0.351 e. The third-order valence-corrected chi connectivity index (χ3v) is 8.12. The number of aryl methyl sites for hydroxylation is 1. The number of ketones is 1. The number of fused-ring (bicyclic) bond motifs is 1. The SMILES string of the molecule is CC(=O)c1nn(CC(=O)N2C[C@H](F)C[C@H]2C(=O)NC2C[C@H]2c2ccccc2Cl)c2ccc(-c3cnc(C)nc3)cc12. The second kappa shape index (κ2) is 10.7. The average molecular weight is 575 g/mol. The third kappa shape index (κ3) is 5.31. The fourth-order valence-corrected chi connectivity index (χ4v) is 5.84. The van der Waals surface area contributed by atoms with Crippen LogP contribution in [0.25, 0.3) is 22.0 Å². The molecule has 6 rings (SSSR count). The predicted molar refractivity (Wildman–Crippen MR) is 151 cm³/mol. The standard InChI is InChI=1S/C30H28ClFN6O3/c1-16(39)29-23-9-18(19-12-33-17(2)34-13-19)7-8-26(23)38(36-29)15-28(40)37-14-20(32)10-27(37)30(41)35-25-11-22(25)21-5-3-4-6-24(21)31/h3-9,12-13,20,22,25,27H,10-11,14-15H2,1-2H3,(H,35,41)/t20-,22+,25?,27+/m1/s1. The van der Waals surface area contributed by atoms with Crippen LogP contribution in [0.3, 0.4) is 0 Å². The van der Waals surface area contributed by atoms with Crippen LogP contribution in [0, 0.1) is 6.92 Å².